The number of benzene rings is 1. The minimum Gasteiger partial charge on any atom is -0.458 e. The molecule has 2 N–H and O–H groups in total. The smallest absolute Gasteiger partial charge is 0.332 e. The Morgan fingerprint density at radius 1 is 1.38 bits per heavy atom. The van der Waals surface area contributed by atoms with Crippen LogP contribution < -0.4 is 5.73 Å². The van der Waals surface area contributed by atoms with E-state index in [1.807, 2.05) is 36.4 Å². The van der Waals surface area contributed by atoms with Gasteiger partial charge in [0, 0.05) is 11.8 Å². The van der Waals surface area contributed by atoms with Crippen LogP contribution >= 0.6 is 0 Å². The van der Waals surface area contributed by atoms with Gasteiger partial charge in [0.2, 0.25) is 0 Å². The molecule has 16 heavy (non-hydrogen) atoms. The summed E-state index contributed by atoms with van der Waals surface area (Å²) >= 11 is 0. The lowest BCUT2D eigenvalue weighted by Crippen LogP contribution is -2.03. The normalized spacial score (nSPS) is 11.7. The topological polar surface area (TPSA) is 52.3 Å². The molecule has 0 aliphatic carbocycles. The number of rotatable bonds is 4. The van der Waals surface area contributed by atoms with Crippen molar-refractivity contribution in [1.29, 1.82) is 0 Å². The van der Waals surface area contributed by atoms with Crippen LogP contribution in [0.2, 0.25) is 0 Å². The zero-order valence-corrected chi connectivity index (χ0v) is 9.22. The summed E-state index contributed by atoms with van der Waals surface area (Å²) < 4.78 is 4.89. The Morgan fingerprint density at radius 3 is 2.69 bits per heavy atom. The Morgan fingerprint density at radius 2 is 2.06 bits per heavy atom. The third-order valence-corrected chi connectivity index (χ3v) is 1.78. The molecule has 3 nitrogen and oxygen atoms in total. The quantitative estimate of drug-likeness (QED) is 0.620. The molecular formula is C13H15NO2. The van der Waals surface area contributed by atoms with Gasteiger partial charge in [-0.3, -0.25) is 0 Å². The SMILES string of the molecule is C/C(N)=C\C(=O)OC/C=C/c1ccccc1. The van der Waals surface area contributed by atoms with Crippen molar-refractivity contribution in [3.05, 3.63) is 53.7 Å². The lowest BCUT2D eigenvalue weighted by Gasteiger charge is -1.97. The van der Waals surface area contributed by atoms with E-state index in [0.29, 0.717) is 5.70 Å². The molecule has 0 bridgehead atoms. The number of ether oxygens (including phenoxy) is 1. The second-order valence-electron chi connectivity index (χ2n) is 3.33. The summed E-state index contributed by atoms with van der Waals surface area (Å²) in [6, 6.07) is 9.80. The Balaban J connectivity index is 2.34. The van der Waals surface area contributed by atoms with Gasteiger partial charge in [0.25, 0.3) is 0 Å². The first-order chi connectivity index (χ1) is 7.68. The average molecular weight is 217 g/mol. The third-order valence-electron chi connectivity index (χ3n) is 1.78. The van der Waals surface area contributed by atoms with Gasteiger partial charge in [0.1, 0.15) is 6.61 Å². The Hall–Kier alpha value is -2.03. The molecule has 0 aromatic heterocycles. The standard InChI is InChI=1S/C13H15NO2/c1-11(14)10-13(15)16-9-5-8-12-6-3-2-4-7-12/h2-8,10H,9,14H2,1H3/b8-5+,11-10+. The second-order valence-corrected chi connectivity index (χ2v) is 3.33. The molecule has 3 heteroatoms. The predicted molar refractivity (Wildman–Crippen MR) is 64.4 cm³/mol. The van der Waals surface area contributed by atoms with Crippen molar-refractivity contribution >= 4 is 12.0 Å². The van der Waals surface area contributed by atoms with E-state index >= 15 is 0 Å². The van der Waals surface area contributed by atoms with Gasteiger partial charge in [-0.15, -0.1) is 0 Å². The fraction of sp³-hybridized carbons (Fsp3) is 0.154. The molecule has 0 aliphatic rings. The fourth-order valence-corrected chi connectivity index (χ4v) is 1.11. The molecular weight excluding hydrogens is 202 g/mol. The average Bonchev–Trinajstić information content (AvgIpc) is 2.25. The van der Waals surface area contributed by atoms with Crippen LogP contribution in [0.3, 0.4) is 0 Å². The van der Waals surface area contributed by atoms with Gasteiger partial charge in [-0.25, -0.2) is 4.79 Å². The molecule has 0 fully saturated rings. The van der Waals surface area contributed by atoms with Crippen LogP contribution in [0.25, 0.3) is 6.08 Å². The summed E-state index contributed by atoms with van der Waals surface area (Å²) in [6.45, 7) is 1.89. The first-order valence-electron chi connectivity index (χ1n) is 5.00. The minimum atomic E-state index is -0.419. The zero-order valence-electron chi connectivity index (χ0n) is 9.22. The van der Waals surface area contributed by atoms with Crippen molar-refractivity contribution in [3.8, 4) is 0 Å². The molecule has 0 saturated heterocycles. The monoisotopic (exact) mass is 217 g/mol. The third kappa shape index (κ3) is 5.00. The summed E-state index contributed by atoms with van der Waals surface area (Å²) in [5.41, 5.74) is 6.85. The van der Waals surface area contributed by atoms with Crippen LogP contribution in [-0.2, 0) is 9.53 Å². The maximum atomic E-state index is 11.1. The molecule has 1 rings (SSSR count). The summed E-state index contributed by atoms with van der Waals surface area (Å²) in [4.78, 5) is 11.1. The first-order valence-corrected chi connectivity index (χ1v) is 5.00. The van der Waals surface area contributed by atoms with Gasteiger partial charge in [0.15, 0.2) is 0 Å². The molecule has 0 unspecified atom stereocenters. The maximum absolute atomic E-state index is 11.1. The molecule has 0 saturated carbocycles. The Labute approximate surface area is 95.2 Å². The molecule has 84 valence electrons. The molecule has 0 amide bonds. The summed E-state index contributed by atoms with van der Waals surface area (Å²) in [5, 5.41) is 0. The van der Waals surface area contributed by atoms with E-state index < -0.39 is 5.97 Å². The van der Waals surface area contributed by atoms with Crippen molar-refractivity contribution in [1.82, 2.24) is 0 Å². The number of nitrogens with two attached hydrogens (primary N) is 1. The van der Waals surface area contributed by atoms with Crippen LogP contribution in [0.5, 0.6) is 0 Å². The highest BCUT2D eigenvalue weighted by molar-refractivity contribution is 5.82. The summed E-state index contributed by atoms with van der Waals surface area (Å²) in [7, 11) is 0. The second kappa shape index (κ2) is 6.45. The van der Waals surface area contributed by atoms with Gasteiger partial charge in [-0.2, -0.15) is 0 Å². The summed E-state index contributed by atoms with van der Waals surface area (Å²) in [6.07, 6.45) is 4.94. The molecule has 0 heterocycles. The molecule has 0 spiro atoms. The van der Waals surface area contributed by atoms with Crippen molar-refractivity contribution < 1.29 is 9.53 Å². The number of allylic oxidation sites excluding steroid dienone is 1. The maximum Gasteiger partial charge on any atom is 0.332 e. The zero-order chi connectivity index (χ0) is 11.8. The number of hydrogen-bond donors (Lipinski definition) is 1. The van der Waals surface area contributed by atoms with Crippen molar-refractivity contribution in [2.24, 2.45) is 5.73 Å². The van der Waals surface area contributed by atoms with Crippen LogP contribution in [0.15, 0.2) is 48.2 Å². The number of carbonyl (C=O) groups excluding carboxylic acids is 1. The minimum absolute atomic E-state index is 0.248. The van der Waals surface area contributed by atoms with E-state index in [1.54, 1.807) is 13.0 Å². The highest BCUT2D eigenvalue weighted by atomic mass is 16.5. The molecule has 1 aromatic rings. The molecule has 0 radical (unpaired) electrons. The Bertz CT molecular complexity index is 390. The van der Waals surface area contributed by atoms with Gasteiger partial charge in [-0.1, -0.05) is 36.4 Å². The molecule has 0 aliphatic heterocycles. The number of hydrogen-bond acceptors (Lipinski definition) is 3. The van der Waals surface area contributed by atoms with E-state index in [0.717, 1.165) is 5.56 Å². The highest BCUT2D eigenvalue weighted by Crippen LogP contribution is 2.00. The first kappa shape index (κ1) is 12.0. The van der Waals surface area contributed by atoms with E-state index in [4.69, 9.17) is 10.5 Å². The van der Waals surface area contributed by atoms with E-state index in [-0.39, 0.29) is 6.61 Å². The van der Waals surface area contributed by atoms with Gasteiger partial charge in [-0.05, 0) is 18.6 Å². The van der Waals surface area contributed by atoms with Gasteiger partial charge < -0.3 is 10.5 Å². The lowest BCUT2D eigenvalue weighted by molar-refractivity contribution is -0.136. The molecule has 0 atom stereocenters. The lowest BCUT2D eigenvalue weighted by atomic mass is 10.2. The largest absolute Gasteiger partial charge is 0.458 e. The highest BCUT2D eigenvalue weighted by Gasteiger charge is 1.94. The van der Waals surface area contributed by atoms with Gasteiger partial charge >= 0.3 is 5.97 Å². The summed E-state index contributed by atoms with van der Waals surface area (Å²) in [5.74, 6) is -0.419. The van der Waals surface area contributed by atoms with E-state index in [1.165, 1.54) is 6.08 Å². The predicted octanol–water partition coefficient (Wildman–Crippen LogP) is 2.11. The number of carbonyl (C=O) groups is 1. The Kier molecular flexibility index (Phi) is 4.86. The van der Waals surface area contributed by atoms with E-state index in [2.05, 4.69) is 0 Å². The van der Waals surface area contributed by atoms with Crippen molar-refractivity contribution in [2.45, 2.75) is 6.92 Å². The van der Waals surface area contributed by atoms with Crippen LogP contribution in [0.4, 0.5) is 0 Å². The van der Waals surface area contributed by atoms with Gasteiger partial charge in [0.05, 0.1) is 0 Å². The van der Waals surface area contributed by atoms with Crippen molar-refractivity contribution in [3.63, 3.8) is 0 Å². The number of esters is 1. The molecule has 1 aromatic carbocycles. The van der Waals surface area contributed by atoms with Crippen LogP contribution in [-0.4, -0.2) is 12.6 Å². The van der Waals surface area contributed by atoms with Crippen LogP contribution in [0, 0.1) is 0 Å². The van der Waals surface area contributed by atoms with Crippen LogP contribution in [0.1, 0.15) is 12.5 Å². The van der Waals surface area contributed by atoms with Crippen molar-refractivity contribution in [2.75, 3.05) is 6.61 Å². The fourth-order valence-electron chi connectivity index (χ4n) is 1.11. The van der Waals surface area contributed by atoms with E-state index in [9.17, 15) is 4.79 Å².